The highest BCUT2D eigenvalue weighted by Crippen LogP contribution is 2.41. The van der Waals surface area contributed by atoms with Crippen LogP contribution in [0.25, 0.3) is 10.4 Å². The number of amides is 5. The van der Waals surface area contributed by atoms with E-state index in [4.69, 9.17) is 24.7 Å². The number of ether oxygens (including phenoxy) is 4. The van der Waals surface area contributed by atoms with Crippen LogP contribution in [-0.4, -0.2) is 137 Å². The van der Waals surface area contributed by atoms with Crippen LogP contribution in [0, 0.1) is 12.3 Å². The molecule has 1 aliphatic carbocycles. The van der Waals surface area contributed by atoms with Gasteiger partial charge in [-0.2, -0.15) is 0 Å². The maximum absolute atomic E-state index is 14.7. The Kier molecular flexibility index (Phi) is 20.0. The number of likely N-dealkylation sites (tertiary alicyclic amines) is 1. The molecule has 8 rings (SSSR count). The van der Waals surface area contributed by atoms with Crippen molar-refractivity contribution in [2.45, 2.75) is 167 Å². The van der Waals surface area contributed by atoms with Gasteiger partial charge in [-0.3, -0.25) is 28.9 Å². The number of nitrogens with one attached hydrogen (secondary N) is 3. The Hall–Kier alpha value is -5.87. The summed E-state index contributed by atoms with van der Waals surface area (Å²) in [6.45, 7) is 11.2. The molecular weight excluding hydrogens is 1030 g/mol. The molecule has 428 valence electrons. The van der Waals surface area contributed by atoms with Crippen molar-refractivity contribution in [1.29, 1.82) is 0 Å². The summed E-state index contributed by atoms with van der Waals surface area (Å²) in [5.41, 5.74) is 12.3. The molecule has 4 heterocycles. The van der Waals surface area contributed by atoms with E-state index >= 15 is 0 Å². The number of carbonyl (C=O) groups excluding carboxylic acids is 5. The van der Waals surface area contributed by atoms with Gasteiger partial charge in [0.2, 0.25) is 23.6 Å². The monoisotopic (exact) mass is 1110 g/mol. The summed E-state index contributed by atoms with van der Waals surface area (Å²) in [6.07, 6.45) is 2.51. The zero-order valence-electron chi connectivity index (χ0n) is 46.1. The number of hydrogen-bond donors (Lipinski definition) is 6. The Morgan fingerprint density at radius 3 is 2.35 bits per heavy atom. The molecule has 1 saturated heterocycles. The number of β-amino-alcohol motifs (C(OH)–C–C–N with tert-alkyl or cyclic N) is 1. The molecule has 1 unspecified atom stereocenters. The minimum Gasteiger partial charge on any atom is -0.491 e. The maximum atomic E-state index is 14.7. The molecule has 79 heavy (non-hydrogen) atoms. The zero-order valence-corrected chi connectivity index (χ0v) is 46.9. The lowest BCUT2D eigenvalue weighted by Gasteiger charge is -2.35. The average Bonchev–Trinajstić information content (AvgIpc) is 3.68. The summed E-state index contributed by atoms with van der Waals surface area (Å²) in [6, 6.07) is 16.7. The van der Waals surface area contributed by atoms with Crippen LogP contribution in [0.3, 0.4) is 0 Å². The first-order valence-electron chi connectivity index (χ1n) is 27.7. The third kappa shape index (κ3) is 15.3. The number of alkyl halides is 1. The Labute approximate surface area is 466 Å². The summed E-state index contributed by atoms with van der Waals surface area (Å²) < 4.78 is 38.9. The number of aryl methyl sites for hydroxylation is 3. The van der Waals surface area contributed by atoms with E-state index in [9.17, 15) is 38.6 Å². The highest BCUT2D eigenvalue weighted by atomic mass is 32.1. The zero-order chi connectivity index (χ0) is 56.4. The standard InChI is InChI=1S/C59H78FN7O11S/c1-36-52(79-35-63-36)42-18-19-43(32-62-54(71)46-31-44(68)33-66(46)56(73)53(58(3,4)5)65-57(74)59(60)22-23-59)48(30-42)77-28-27-76-26-25-75-24-8-9-38-14-16-39(17-15-38)34-78-37(2)45(20-21-49(61)69)64-55(72)47-29-41-12-6-10-40-11-7-13-50(70)67(47)51(40)41/h6,10,12,14-19,30,35,37,44-47,49,53,68-69H,7-9,11,13,20-29,31-34,61H2,1-5H3,(H,62,71)(H,64,72)(H,65,74)/t37-,44-,45+,46+,47+,49?,53-/m1/s1. The number of para-hydroxylation sites is 1. The minimum absolute atomic E-state index is 0.00972. The molecule has 20 heteroatoms. The van der Waals surface area contributed by atoms with Gasteiger partial charge in [-0.1, -0.05) is 75.4 Å². The summed E-state index contributed by atoms with van der Waals surface area (Å²) >= 11 is 1.51. The van der Waals surface area contributed by atoms with Crippen molar-refractivity contribution < 1.29 is 57.5 Å². The third-order valence-corrected chi connectivity index (χ3v) is 16.2. The number of aliphatic hydroxyl groups is 2. The fraction of sp³-hybridized carbons (Fsp3) is 0.559. The quantitative estimate of drug-likeness (QED) is 0.0319. The molecule has 18 nitrogen and oxygen atoms in total. The van der Waals surface area contributed by atoms with Gasteiger partial charge in [0.15, 0.2) is 5.67 Å². The van der Waals surface area contributed by atoms with E-state index in [2.05, 4.69) is 33.1 Å². The van der Waals surface area contributed by atoms with Crippen molar-refractivity contribution >= 4 is 46.6 Å². The van der Waals surface area contributed by atoms with Crippen molar-refractivity contribution in [3.63, 3.8) is 0 Å². The van der Waals surface area contributed by atoms with Crippen molar-refractivity contribution in [1.82, 2.24) is 25.8 Å². The Morgan fingerprint density at radius 2 is 1.65 bits per heavy atom. The van der Waals surface area contributed by atoms with E-state index in [0.29, 0.717) is 57.0 Å². The molecule has 7 atom stereocenters. The van der Waals surface area contributed by atoms with Gasteiger partial charge in [0.05, 0.1) is 66.4 Å². The predicted molar refractivity (Wildman–Crippen MR) is 297 cm³/mol. The smallest absolute Gasteiger partial charge is 0.258 e. The average molecular weight is 1110 g/mol. The highest BCUT2D eigenvalue weighted by molar-refractivity contribution is 7.13. The largest absolute Gasteiger partial charge is 0.491 e. The second-order valence-corrected chi connectivity index (χ2v) is 23.3. The number of aromatic nitrogens is 1. The van der Waals surface area contributed by atoms with Gasteiger partial charge in [-0.15, -0.1) is 11.3 Å². The predicted octanol–water partition coefficient (Wildman–Crippen LogP) is 5.52. The molecule has 0 bridgehead atoms. The number of aliphatic hydroxyl groups excluding tert-OH is 2. The van der Waals surface area contributed by atoms with Crippen LogP contribution < -0.4 is 31.3 Å². The molecule has 3 aromatic carbocycles. The van der Waals surface area contributed by atoms with E-state index in [1.165, 1.54) is 16.2 Å². The number of nitrogens with zero attached hydrogens (tertiary/aromatic N) is 3. The topological polar surface area (TPSA) is 244 Å². The lowest BCUT2D eigenvalue weighted by Crippen LogP contribution is -2.59. The molecule has 3 aliphatic heterocycles. The molecular formula is C59H78FN7O11S. The van der Waals surface area contributed by atoms with Gasteiger partial charge < -0.3 is 55.7 Å². The Balaban J connectivity index is 0.748. The van der Waals surface area contributed by atoms with E-state index in [0.717, 1.165) is 69.8 Å². The minimum atomic E-state index is -1.98. The molecule has 1 aromatic heterocycles. The van der Waals surface area contributed by atoms with Gasteiger partial charge in [0, 0.05) is 44.5 Å². The summed E-state index contributed by atoms with van der Waals surface area (Å²) in [7, 11) is 0. The van der Waals surface area contributed by atoms with Crippen LogP contribution in [0.4, 0.5) is 10.1 Å². The fourth-order valence-corrected chi connectivity index (χ4v) is 11.3. The Bertz CT molecular complexity index is 2770. The molecule has 0 spiro atoms. The summed E-state index contributed by atoms with van der Waals surface area (Å²) in [5.74, 6) is -1.61. The number of carbonyl (C=O) groups is 5. The van der Waals surface area contributed by atoms with Crippen molar-refractivity contribution in [3.05, 3.63) is 99.7 Å². The number of benzene rings is 3. The molecule has 5 amide bonds. The third-order valence-electron chi connectivity index (χ3n) is 15.3. The number of hydrogen-bond acceptors (Lipinski definition) is 14. The van der Waals surface area contributed by atoms with Gasteiger partial charge in [-0.25, -0.2) is 9.37 Å². The number of rotatable bonds is 27. The number of nitrogens with two attached hydrogens (primary N) is 1. The van der Waals surface area contributed by atoms with E-state index in [-0.39, 0.29) is 63.8 Å². The first-order chi connectivity index (χ1) is 37.8. The molecule has 2 fully saturated rings. The molecule has 0 radical (unpaired) electrons. The van der Waals surface area contributed by atoms with Crippen LogP contribution in [-0.2, 0) is 70.6 Å². The van der Waals surface area contributed by atoms with Crippen LogP contribution >= 0.6 is 11.3 Å². The molecule has 7 N–H and O–H groups in total. The van der Waals surface area contributed by atoms with Gasteiger partial charge >= 0.3 is 0 Å². The first-order valence-corrected chi connectivity index (χ1v) is 28.6. The molecule has 4 aromatic rings. The lowest BCUT2D eigenvalue weighted by atomic mass is 9.85. The summed E-state index contributed by atoms with van der Waals surface area (Å²) in [5, 5.41) is 29.2. The second kappa shape index (κ2) is 26.6. The van der Waals surface area contributed by atoms with Crippen LogP contribution in [0.1, 0.15) is 113 Å². The second-order valence-electron chi connectivity index (χ2n) is 22.5. The van der Waals surface area contributed by atoms with Crippen molar-refractivity contribution in [2.75, 3.05) is 44.5 Å². The normalized spacial score (nSPS) is 20.0. The van der Waals surface area contributed by atoms with E-state index < -0.39 is 71.4 Å². The first kappa shape index (κ1) is 59.3. The summed E-state index contributed by atoms with van der Waals surface area (Å²) in [4.78, 5) is 75.9. The van der Waals surface area contributed by atoms with E-state index in [1.807, 2.05) is 62.4 Å². The lowest BCUT2D eigenvalue weighted by molar-refractivity contribution is -0.145. The number of halogens is 1. The van der Waals surface area contributed by atoms with Crippen LogP contribution in [0.2, 0.25) is 0 Å². The number of anilines is 1. The van der Waals surface area contributed by atoms with Crippen molar-refractivity contribution in [3.8, 4) is 16.2 Å². The van der Waals surface area contributed by atoms with Crippen LogP contribution in [0.5, 0.6) is 5.75 Å². The Morgan fingerprint density at radius 1 is 0.924 bits per heavy atom. The van der Waals surface area contributed by atoms with Crippen LogP contribution in [0.15, 0.2) is 66.2 Å². The van der Waals surface area contributed by atoms with Gasteiger partial charge in [-0.05, 0) is 105 Å². The SMILES string of the molecule is Cc1ncsc1-c1ccc(CNC(=O)[C@@H]2C[C@@H](O)CN2C(=O)[C@@H](NC(=O)C2(F)CC2)C(C)(C)C)c(OCCOCCOCCCc2ccc(CO[C@H](C)[C@H](CCC(N)O)NC(=O)[C@@H]3Cc4cccc5c4N3C(=O)CCC5)cc2)c1. The number of thiazole rings is 1. The molecule has 1 saturated carbocycles. The van der Waals surface area contributed by atoms with E-state index in [1.54, 1.807) is 31.2 Å². The maximum Gasteiger partial charge on any atom is 0.258 e. The van der Waals surface area contributed by atoms with Gasteiger partial charge in [0.1, 0.15) is 36.7 Å². The van der Waals surface area contributed by atoms with Crippen molar-refractivity contribution in [2.24, 2.45) is 11.1 Å². The van der Waals surface area contributed by atoms with Gasteiger partial charge in [0.25, 0.3) is 5.91 Å². The fourth-order valence-electron chi connectivity index (χ4n) is 10.5. The highest BCUT2D eigenvalue weighted by Gasteiger charge is 2.53. The molecule has 4 aliphatic rings.